The molecule has 0 amide bonds. The van der Waals surface area contributed by atoms with Gasteiger partial charge < -0.3 is 10.8 Å². The Bertz CT molecular complexity index is 507. The molecular weight excluding hydrogens is 246 g/mol. The van der Waals surface area contributed by atoms with Crippen molar-refractivity contribution >= 4 is 23.2 Å². The summed E-state index contributed by atoms with van der Waals surface area (Å²) in [6.45, 7) is 3.96. The van der Waals surface area contributed by atoms with E-state index in [1.807, 2.05) is 38.1 Å². The van der Waals surface area contributed by atoms with Crippen LogP contribution in [0.1, 0.15) is 25.5 Å². The Morgan fingerprint density at radius 3 is 2.28 bits per heavy atom. The van der Waals surface area contributed by atoms with Crippen LogP contribution in [0.3, 0.4) is 0 Å². The molecule has 2 aromatic carbocycles. The van der Waals surface area contributed by atoms with Crippen LogP contribution in [0.15, 0.2) is 42.5 Å². The normalized spacial score (nSPS) is 14.3. The van der Waals surface area contributed by atoms with Gasteiger partial charge in [-0.1, -0.05) is 56.3 Å². The van der Waals surface area contributed by atoms with E-state index >= 15 is 0 Å². The highest BCUT2D eigenvalue weighted by Gasteiger charge is 2.21. The SMILES string of the molecule is CC(C)[C@@H](O)[C@@H](N)c1cccc2ccccc12.Cl. The van der Waals surface area contributed by atoms with Gasteiger partial charge in [-0.2, -0.15) is 0 Å². The average molecular weight is 266 g/mol. The minimum atomic E-state index is -0.513. The Balaban J connectivity index is 0.00000162. The maximum Gasteiger partial charge on any atom is 0.0755 e. The molecule has 3 N–H and O–H groups in total. The van der Waals surface area contributed by atoms with Gasteiger partial charge >= 0.3 is 0 Å². The van der Waals surface area contributed by atoms with Crippen LogP contribution in [0.2, 0.25) is 0 Å². The Hall–Kier alpha value is -1.09. The van der Waals surface area contributed by atoms with Gasteiger partial charge in [0.1, 0.15) is 0 Å². The molecule has 18 heavy (non-hydrogen) atoms. The molecule has 2 aromatic rings. The molecule has 0 bridgehead atoms. The van der Waals surface area contributed by atoms with Crippen molar-refractivity contribution in [1.82, 2.24) is 0 Å². The van der Waals surface area contributed by atoms with Crippen LogP contribution < -0.4 is 5.73 Å². The summed E-state index contributed by atoms with van der Waals surface area (Å²) in [7, 11) is 0. The molecule has 0 fully saturated rings. The van der Waals surface area contributed by atoms with Crippen molar-refractivity contribution in [3.63, 3.8) is 0 Å². The summed E-state index contributed by atoms with van der Waals surface area (Å²) in [6.07, 6.45) is -0.513. The minimum Gasteiger partial charge on any atom is -0.391 e. The lowest BCUT2D eigenvalue weighted by atomic mass is 9.91. The zero-order chi connectivity index (χ0) is 12.4. The Morgan fingerprint density at radius 1 is 1.00 bits per heavy atom. The lowest BCUT2D eigenvalue weighted by Crippen LogP contribution is -2.30. The van der Waals surface area contributed by atoms with Crippen molar-refractivity contribution < 1.29 is 5.11 Å². The molecule has 0 heterocycles. The number of benzene rings is 2. The van der Waals surface area contributed by atoms with Gasteiger partial charge in [-0.05, 0) is 22.3 Å². The fourth-order valence-corrected chi connectivity index (χ4v) is 2.14. The van der Waals surface area contributed by atoms with E-state index in [2.05, 4.69) is 18.2 Å². The first-order valence-corrected chi connectivity index (χ1v) is 6.02. The van der Waals surface area contributed by atoms with Crippen LogP contribution in [0.4, 0.5) is 0 Å². The molecule has 0 aliphatic rings. The lowest BCUT2D eigenvalue weighted by molar-refractivity contribution is 0.0984. The fourth-order valence-electron chi connectivity index (χ4n) is 2.14. The first-order valence-electron chi connectivity index (χ1n) is 6.02. The quantitative estimate of drug-likeness (QED) is 0.895. The number of hydrogen-bond donors (Lipinski definition) is 2. The first-order chi connectivity index (χ1) is 8.11. The highest BCUT2D eigenvalue weighted by molar-refractivity contribution is 5.86. The second kappa shape index (κ2) is 6.19. The third-order valence-corrected chi connectivity index (χ3v) is 3.23. The van der Waals surface area contributed by atoms with Gasteiger partial charge in [-0.3, -0.25) is 0 Å². The van der Waals surface area contributed by atoms with Gasteiger partial charge in [0, 0.05) is 0 Å². The number of hydrogen-bond acceptors (Lipinski definition) is 2. The predicted molar refractivity (Wildman–Crippen MR) is 79.0 cm³/mol. The van der Waals surface area contributed by atoms with Gasteiger partial charge in [0.25, 0.3) is 0 Å². The highest BCUT2D eigenvalue weighted by Crippen LogP contribution is 2.26. The van der Waals surface area contributed by atoms with Gasteiger partial charge in [0.05, 0.1) is 12.1 Å². The van der Waals surface area contributed by atoms with Crippen molar-refractivity contribution in [3.05, 3.63) is 48.0 Å². The van der Waals surface area contributed by atoms with Crippen molar-refractivity contribution in [2.24, 2.45) is 11.7 Å². The van der Waals surface area contributed by atoms with Gasteiger partial charge in [-0.15, -0.1) is 12.4 Å². The van der Waals surface area contributed by atoms with Crippen LogP contribution in [-0.2, 0) is 0 Å². The topological polar surface area (TPSA) is 46.2 Å². The van der Waals surface area contributed by atoms with E-state index in [1.54, 1.807) is 0 Å². The van der Waals surface area contributed by atoms with Gasteiger partial charge in [-0.25, -0.2) is 0 Å². The zero-order valence-corrected chi connectivity index (χ0v) is 11.5. The summed E-state index contributed by atoms with van der Waals surface area (Å²) in [5.41, 5.74) is 7.17. The zero-order valence-electron chi connectivity index (χ0n) is 10.7. The molecule has 2 atom stereocenters. The first kappa shape index (κ1) is 15.0. The maximum atomic E-state index is 10.1. The molecule has 3 heteroatoms. The standard InChI is InChI=1S/C15H19NO.ClH/c1-10(2)15(17)14(16)13-9-5-7-11-6-3-4-8-12(11)13;/h3-10,14-15,17H,16H2,1-2H3;1H/t14-,15+;/m0./s1. The Kier molecular flexibility index (Phi) is 5.15. The van der Waals surface area contributed by atoms with Crippen molar-refractivity contribution in [3.8, 4) is 0 Å². The van der Waals surface area contributed by atoms with E-state index in [0.29, 0.717) is 0 Å². The highest BCUT2D eigenvalue weighted by atomic mass is 35.5. The monoisotopic (exact) mass is 265 g/mol. The van der Waals surface area contributed by atoms with E-state index in [4.69, 9.17) is 5.73 Å². The molecule has 0 saturated heterocycles. The summed E-state index contributed by atoms with van der Waals surface area (Å²) in [5, 5.41) is 12.4. The molecule has 0 aliphatic heterocycles. The van der Waals surface area contributed by atoms with Crippen molar-refractivity contribution in [1.29, 1.82) is 0 Å². The minimum absolute atomic E-state index is 0. The molecule has 0 unspecified atom stereocenters. The number of fused-ring (bicyclic) bond motifs is 1. The molecular formula is C15H20ClNO. The lowest BCUT2D eigenvalue weighted by Gasteiger charge is -2.23. The van der Waals surface area contributed by atoms with E-state index in [9.17, 15) is 5.11 Å². The molecule has 0 saturated carbocycles. The summed E-state index contributed by atoms with van der Waals surface area (Å²) in [6, 6.07) is 13.8. The summed E-state index contributed by atoms with van der Waals surface area (Å²) < 4.78 is 0. The molecule has 0 aromatic heterocycles. The molecule has 2 rings (SSSR count). The second-order valence-corrected chi connectivity index (χ2v) is 4.83. The molecule has 98 valence electrons. The Morgan fingerprint density at radius 2 is 1.61 bits per heavy atom. The predicted octanol–water partition coefficient (Wildman–Crippen LogP) is 3.28. The summed E-state index contributed by atoms with van der Waals surface area (Å²) in [5.74, 6) is 0.156. The summed E-state index contributed by atoms with van der Waals surface area (Å²) in [4.78, 5) is 0. The molecule has 0 aliphatic carbocycles. The van der Waals surface area contributed by atoms with Crippen molar-refractivity contribution in [2.45, 2.75) is 26.0 Å². The van der Waals surface area contributed by atoms with E-state index in [1.165, 1.54) is 0 Å². The van der Waals surface area contributed by atoms with Crippen LogP contribution >= 0.6 is 12.4 Å². The summed E-state index contributed by atoms with van der Waals surface area (Å²) >= 11 is 0. The number of aliphatic hydroxyl groups excluding tert-OH is 1. The fraction of sp³-hybridized carbons (Fsp3) is 0.333. The average Bonchev–Trinajstić information content (AvgIpc) is 2.36. The number of halogens is 1. The van der Waals surface area contributed by atoms with Crippen LogP contribution in [0, 0.1) is 5.92 Å². The third kappa shape index (κ3) is 2.83. The third-order valence-electron chi connectivity index (χ3n) is 3.23. The van der Waals surface area contributed by atoms with Crippen LogP contribution in [0.5, 0.6) is 0 Å². The molecule has 0 spiro atoms. The van der Waals surface area contributed by atoms with Gasteiger partial charge in [0.2, 0.25) is 0 Å². The Labute approximate surface area is 114 Å². The van der Waals surface area contributed by atoms with E-state index < -0.39 is 6.10 Å². The van der Waals surface area contributed by atoms with Crippen LogP contribution in [0.25, 0.3) is 10.8 Å². The molecule has 2 nitrogen and oxygen atoms in total. The van der Waals surface area contributed by atoms with Gasteiger partial charge in [0.15, 0.2) is 0 Å². The number of nitrogens with two attached hydrogens (primary N) is 1. The van der Waals surface area contributed by atoms with Crippen LogP contribution in [-0.4, -0.2) is 11.2 Å². The van der Waals surface area contributed by atoms with E-state index in [-0.39, 0.29) is 24.4 Å². The van der Waals surface area contributed by atoms with E-state index in [0.717, 1.165) is 16.3 Å². The second-order valence-electron chi connectivity index (χ2n) is 4.83. The largest absolute Gasteiger partial charge is 0.391 e. The number of aliphatic hydroxyl groups is 1. The smallest absolute Gasteiger partial charge is 0.0755 e. The number of rotatable bonds is 3. The molecule has 0 radical (unpaired) electrons. The van der Waals surface area contributed by atoms with Crippen molar-refractivity contribution in [2.75, 3.05) is 0 Å². The maximum absolute atomic E-state index is 10.1.